The Balaban J connectivity index is 2.06. The minimum absolute atomic E-state index is 0.823. The number of aryl methyl sites for hydroxylation is 1. The molecule has 2 aromatic rings. The summed E-state index contributed by atoms with van der Waals surface area (Å²) in [7, 11) is 0. The first-order valence-corrected chi connectivity index (χ1v) is 7.56. The van der Waals surface area contributed by atoms with Gasteiger partial charge in [0, 0.05) is 12.0 Å². The lowest BCUT2D eigenvalue weighted by Crippen LogP contribution is -2.03. The largest absolute Gasteiger partial charge is 0.493 e. The second-order valence-electron chi connectivity index (χ2n) is 5.71. The van der Waals surface area contributed by atoms with Gasteiger partial charge in [0.25, 0.3) is 0 Å². The maximum atomic E-state index is 6.13. The Morgan fingerprint density at radius 2 is 1.90 bits per heavy atom. The minimum atomic E-state index is 0.823. The summed E-state index contributed by atoms with van der Waals surface area (Å²) in [4.78, 5) is 0. The van der Waals surface area contributed by atoms with Crippen LogP contribution in [0.2, 0.25) is 0 Å². The Kier molecular flexibility index (Phi) is 3.52. The van der Waals surface area contributed by atoms with Gasteiger partial charge in [-0.15, -0.1) is 0 Å². The van der Waals surface area contributed by atoms with E-state index in [-0.39, 0.29) is 0 Å². The molecule has 0 N–H and O–H groups in total. The topological polar surface area (TPSA) is 9.23 Å². The van der Waals surface area contributed by atoms with Crippen molar-refractivity contribution in [2.24, 2.45) is 0 Å². The number of fused-ring (bicyclic) bond motifs is 3. The van der Waals surface area contributed by atoms with Crippen LogP contribution in [0, 0.1) is 13.8 Å². The van der Waals surface area contributed by atoms with Crippen molar-refractivity contribution in [3.8, 4) is 16.9 Å². The average molecular weight is 266 g/mol. The van der Waals surface area contributed by atoms with Crippen LogP contribution >= 0.6 is 0 Å². The second kappa shape index (κ2) is 5.32. The fraction of sp³-hybridized carbons (Fsp3) is 0.368. The van der Waals surface area contributed by atoms with Crippen LogP contribution in [0.1, 0.15) is 42.0 Å². The van der Waals surface area contributed by atoms with E-state index in [1.165, 1.54) is 39.8 Å². The van der Waals surface area contributed by atoms with Crippen LogP contribution in [0.5, 0.6) is 5.75 Å². The van der Waals surface area contributed by atoms with Gasteiger partial charge in [-0.3, -0.25) is 0 Å². The molecule has 0 heterocycles. The van der Waals surface area contributed by atoms with Crippen molar-refractivity contribution in [2.45, 2.75) is 40.0 Å². The highest BCUT2D eigenvalue weighted by atomic mass is 16.5. The molecule has 0 saturated heterocycles. The van der Waals surface area contributed by atoms with Crippen molar-refractivity contribution in [3.05, 3.63) is 52.6 Å². The highest BCUT2D eigenvalue weighted by Gasteiger charge is 2.23. The third kappa shape index (κ3) is 2.11. The Morgan fingerprint density at radius 1 is 1.10 bits per heavy atom. The van der Waals surface area contributed by atoms with Crippen molar-refractivity contribution in [1.82, 2.24) is 0 Å². The third-order valence-corrected chi connectivity index (χ3v) is 4.31. The van der Waals surface area contributed by atoms with Crippen LogP contribution < -0.4 is 4.74 Å². The summed E-state index contributed by atoms with van der Waals surface area (Å²) in [5.41, 5.74) is 8.18. The summed E-state index contributed by atoms with van der Waals surface area (Å²) in [5, 5.41) is 0. The molecule has 2 aromatic carbocycles. The first-order valence-electron chi connectivity index (χ1n) is 7.56. The molecule has 0 atom stereocenters. The summed E-state index contributed by atoms with van der Waals surface area (Å²) in [6, 6.07) is 11.0. The van der Waals surface area contributed by atoms with Crippen LogP contribution in [-0.4, -0.2) is 6.61 Å². The first kappa shape index (κ1) is 13.2. The molecule has 1 aliphatic carbocycles. The molecule has 0 amide bonds. The normalized spacial score (nSPS) is 12.2. The summed E-state index contributed by atoms with van der Waals surface area (Å²) >= 11 is 0. The van der Waals surface area contributed by atoms with Gasteiger partial charge < -0.3 is 4.74 Å². The molecule has 1 aliphatic rings. The zero-order valence-corrected chi connectivity index (χ0v) is 12.6. The summed E-state index contributed by atoms with van der Waals surface area (Å²) in [6.45, 7) is 7.39. The Bertz CT molecular complexity index is 640. The van der Waals surface area contributed by atoms with Gasteiger partial charge in [-0.05, 0) is 48.1 Å². The van der Waals surface area contributed by atoms with E-state index >= 15 is 0 Å². The lowest BCUT2D eigenvalue weighted by atomic mass is 9.98. The lowest BCUT2D eigenvalue weighted by Gasteiger charge is -2.16. The summed E-state index contributed by atoms with van der Waals surface area (Å²) in [5.74, 6) is 1.13. The average Bonchev–Trinajstić information content (AvgIpc) is 2.81. The molecule has 1 nitrogen and oxygen atoms in total. The van der Waals surface area contributed by atoms with Crippen LogP contribution in [-0.2, 0) is 6.42 Å². The maximum absolute atomic E-state index is 6.13. The number of ether oxygens (including phenoxy) is 1. The van der Waals surface area contributed by atoms with E-state index in [9.17, 15) is 0 Å². The van der Waals surface area contributed by atoms with E-state index in [1.54, 1.807) is 0 Å². The molecule has 0 radical (unpaired) electrons. The zero-order valence-electron chi connectivity index (χ0n) is 12.6. The molecule has 0 bridgehead atoms. The van der Waals surface area contributed by atoms with E-state index in [0.29, 0.717) is 0 Å². The van der Waals surface area contributed by atoms with Gasteiger partial charge in [0.15, 0.2) is 0 Å². The van der Waals surface area contributed by atoms with Crippen molar-refractivity contribution in [3.63, 3.8) is 0 Å². The van der Waals surface area contributed by atoms with Gasteiger partial charge in [0.1, 0.15) is 5.75 Å². The summed E-state index contributed by atoms with van der Waals surface area (Å²) in [6.07, 6.45) is 3.30. The highest BCUT2D eigenvalue weighted by Crippen LogP contribution is 2.43. The SMILES string of the molecule is CCCCOc1c(C)c(C)cc2c1Cc1ccccc1-2. The van der Waals surface area contributed by atoms with E-state index < -0.39 is 0 Å². The molecule has 0 unspecified atom stereocenters. The van der Waals surface area contributed by atoms with Crippen molar-refractivity contribution in [2.75, 3.05) is 6.61 Å². The van der Waals surface area contributed by atoms with Crippen LogP contribution in [0.4, 0.5) is 0 Å². The number of hydrogen-bond donors (Lipinski definition) is 0. The van der Waals surface area contributed by atoms with Gasteiger partial charge >= 0.3 is 0 Å². The molecule has 104 valence electrons. The van der Waals surface area contributed by atoms with Crippen molar-refractivity contribution >= 4 is 0 Å². The van der Waals surface area contributed by atoms with Crippen LogP contribution in [0.25, 0.3) is 11.1 Å². The number of benzene rings is 2. The van der Waals surface area contributed by atoms with E-state index in [2.05, 4.69) is 51.1 Å². The minimum Gasteiger partial charge on any atom is -0.493 e. The highest BCUT2D eigenvalue weighted by molar-refractivity contribution is 5.80. The van der Waals surface area contributed by atoms with Gasteiger partial charge in [-0.25, -0.2) is 0 Å². The quantitative estimate of drug-likeness (QED) is 0.600. The molecule has 20 heavy (non-hydrogen) atoms. The second-order valence-corrected chi connectivity index (χ2v) is 5.71. The lowest BCUT2D eigenvalue weighted by molar-refractivity contribution is 0.305. The predicted octanol–water partition coefficient (Wildman–Crippen LogP) is 5.05. The van der Waals surface area contributed by atoms with Crippen LogP contribution in [0.3, 0.4) is 0 Å². The van der Waals surface area contributed by atoms with Crippen molar-refractivity contribution < 1.29 is 4.74 Å². The Hall–Kier alpha value is -1.76. The molecule has 0 aliphatic heterocycles. The Morgan fingerprint density at radius 3 is 2.70 bits per heavy atom. The number of hydrogen-bond acceptors (Lipinski definition) is 1. The molecule has 0 fully saturated rings. The fourth-order valence-electron chi connectivity index (χ4n) is 3.00. The van der Waals surface area contributed by atoms with Gasteiger partial charge in [0.2, 0.25) is 0 Å². The molecular weight excluding hydrogens is 244 g/mol. The Labute approximate surface area is 121 Å². The number of unbranched alkanes of at least 4 members (excludes halogenated alkanes) is 1. The smallest absolute Gasteiger partial charge is 0.126 e. The molecule has 3 rings (SSSR count). The monoisotopic (exact) mass is 266 g/mol. The predicted molar refractivity (Wildman–Crippen MR) is 84.6 cm³/mol. The number of rotatable bonds is 4. The standard InChI is InChI=1S/C19H22O/c1-4-5-10-20-19-14(3)13(2)11-17-16-9-7-6-8-15(16)12-18(17)19/h6-9,11H,4-5,10,12H2,1-3H3. The van der Waals surface area contributed by atoms with E-state index in [4.69, 9.17) is 4.74 Å². The zero-order chi connectivity index (χ0) is 14.1. The molecule has 0 saturated carbocycles. The molecule has 0 spiro atoms. The van der Waals surface area contributed by atoms with Crippen molar-refractivity contribution in [1.29, 1.82) is 0 Å². The fourth-order valence-corrected chi connectivity index (χ4v) is 3.00. The summed E-state index contributed by atoms with van der Waals surface area (Å²) < 4.78 is 6.13. The van der Waals surface area contributed by atoms with Gasteiger partial charge in [-0.2, -0.15) is 0 Å². The van der Waals surface area contributed by atoms with Gasteiger partial charge in [0.05, 0.1) is 6.61 Å². The molecule has 1 heteroatoms. The maximum Gasteiger partial charge on any atom is 0.126 e. The van der Waals surface area contributed by atoms with Gasteiger partial charge in [-0.1, -0.05) is 43.7 Å². The molecular formula is C19H22O. The van der Waals surface area contributed by atoms with E-state index in [1.807, 2.05) is 0 Å². The molecule has 0 aromatic heterocycles. The first-order chi connectivity index (χ1) is 9.72. The van der Waals surface area contributed by atoms with E-state index in [0.717, 1.165) is 25.2 Å². The third-order valence-electron chi connectivity index (χ3n) is 4.31. The van der Waals surface area contributed by atoms with Crippen LogP contribution in [0.15, 0.2) is 30.3 Å².